The van der Waals surface area contributed by atoms with Gasteiger partial charge in [0.05, 0.1) is 16.4 Å². The van der Waals surface area contributed by atoms with Crippen LogP contribution in [0.3, 0.4) is 0 Å². The van der Waals surface area contributed by atoms with Gasteiger partial charge in [-0.25, -0.2) is 0 Å². The average Bonchev–Trinajstić information content (AvgIpc) is 3.07. The summed E-state index contributed by atoms with van der Waals surface area (Å²) in [7, 11) is 0. The van der Waals surface area contributed by atoms with Crippen LogP contribution >= 0.6 is 24.0 Å². The van der Waals surface area contributed by atoms with E-state index >= 15 is 0 Å². The summed E-state index contributed by atoms with van der Waals surface area (Å²) < 4.78 is 6.30. The van der Waals surface area contributed by atoms with Crippen molar-refractivity contribution in [2.75, 3.05) is 0 Å². The molecule has 160 valence electrons. The summed E-state index contributed by atoms with van der Waals surface area (Å²) >= 11 is 6.70. The summed E-state index contributed by atoms with van der Waals surface area (Å²) in [4.78, 5) is 25.3. The highest BCUT2D eigenvalue weighted by Crippen LogP contribution is 2.33. The lowest BCUT2D eigenvalue weighted by atomic mass is 10.2. The highest BCUT2D eigenvalue weighted by Gasteiger charge is 2.31. The topological polar surface area (TPSA) is 72.7 Å². The van der Waals surface area contributed by atoms with Crippen LogP contribution in [-0.2, 0) is 17.9 Å². The first-order chi connectivity index (χ1) is 15.5. The van der Waals surface area contributed by atoms with Crippen molar-refractivity contribution in [2.24, 2.45) is 0 Å². The lowest BCUT2D eigenvalue weighted by molar-refractivity contribution is -0.384. The SMILES string of the molecule is O=C1/C(=C/c2ccc(OCc3ccc([N+](=O)[O-])cc3)cc2)SC(=S)N1Cc1ccccc1. The van der Waals surface area contributed by atoms with E-state index < -0.39 is 4.92 Å². The van der Waals surface area contributed by atoms with Gasteiger partial charge in [0.1, 0.15) is 16.7 Å². The number of hydrogen-bond donors (Lipinski definition) is 0. The summed E-state index contributed by atoms with van der Waals surface area (Å²) in [5, 5.41) is 10.7. The van der Waals surface area contributed by atoms with E-state index in [1.165, 1.54) is 23.9 Å². The Morgan fingerprint density at radius 1 is 0.969 bits per heavy atom. The monoisotopic (exact) mass is 462 g/mol. The lowest BCUT2D eigenvalue weighted by Crippen LogP contribution is -2.27. The molecular weight excluding hydrogens is 444 g/mol. The quantitative estimate of drug-likeness (QED) is 0.198. The van der Waals surface area contributed by atoms with Crippen molar-refractivity contribution in [3.8, 4) is 5.75 Å². The first kappa shape index (κ1) is 21.7. The molecule has 0 unspecified atom stereocenters. The van der Waals surface area contributed by atoms with Crippen molar-refractivity contribution in [2.45, 2.75) is 13.2 Å². The number of rotatable bonds is 7. The van der Waals surface area contributed by atoms with Gasteiger partial charge in [0.25, 0.3) is 11.6 Å². The third-order valence-corrected chi connectivity index (χ3v) is 6.17. The van der Waals surface area contributed by atoms with Gasteiger partial charge in [-0.05, 0) is 47.0 Å². The molecular formula is C24H18N2O4S2. The van der Waals surface area contributed by atoms with Crippen LogP contribution in [-0.4, -0.2) is 20.1 Å². The van der Waals surface area contributed by atoms with Gasteiger partial charge in [0, 0.05) is 12.1 Å². The van der Waals surface area contributed by atoms with Gasteiger partial charge in [-0.1, -0.05) is 66.4 Å². The van der Waals surface area contributed by atoms with Gasteiger partial charge in [0.2, 0.25) is 0 Å². The second-order valence-electron chi connectivity index (χ2n) is 7.03. The zero-order valence-electron chi connectivity index (χ0n) is 16.8. The second kappa shape index (κ2) is 9.76. The number of nitro groups is 1. The van der Waals surface area contributed by atoms with E-state index in [9.17, 15) is 14.9 Å². The number of amides is 1. The maximum Gasteiger partial charge on any atom is 0.269 e. The molecule has 0 saturated carbocycles. The van der Waals surface area contributed by atoms with Crippen LogP contribution in [0.25, 0.3) is 6.08 Å². The molecule has 8 heteroatoms. The fourth-order valence-corrected chi connectivity index (χ4v) is 4.35. The minimum atomic E-state index is -0.432. The molecule has 0 radical (unpaired) electrons. The number of nitrogens with zero attached hydrogens (tertiary/aromatic N) is 2. The van der Waals surface area contributed by atoms with E-state index in [0.29, 0.717) is 28.1 Å². The Morgan fingerprint density at radius 2 is 1.66 bits per heavy atom. The maximum absolute atomic E-state index is 12.8. The third kappa shape index (κ3) is 5.22. The van der Waals surface area contributed by atoms with E-state index in [0.717, 1.165) is 16.7 Å². The smallest absolute Gasteiger partial charge is 0.269 e. The highest BCUT2D eigenvalue weighted by atomic mass is 32.2. The minimum Gasteiger partial charge on any atom is -0.489 e. The Labute approximate surface area is 194 Å². The van der Waals surface area contributed by atoms with Crippen molar-refractivity contribution in [1.82, 2.24) is 4.90 Å². The summed E-state index contributed by atoms with van der Waals surface area (Å²) in [6.07, 6.45) is 1.82. The maximum atomic E-state index is 12.8. The van der Waals surface area contributed by atoms with Crippen LogP contribution in [0.4, 0.5) is 5.69 Å². The van der Waals surface area contributed by atoms with Crippen LogP contribution in [0.1, 0.15) is 16.7 Å². The van der Waals surface area contributed by atoms with E-state index in [1.807, 2.05) is 60.7 Å². The van der Waals surface area contributed by atoms with Crippen molar-refractivity contribution in [3.05, 3.63) is 111 Å². The Hall–Kier alpha value is -3.49. The number of non-ortho nitro benzene ring substituents is 1. The summed E-state index contributed by atoms with van der Waals surface area (Å²) in [6.45, 7) is 0.758. The number of carbonyl (C=O) groups excluding carboxylic acids is 1. The molecule has 1 aliphatic rings. The highest BCUT2D eigenvalue weighted by molar-refractivity contribution is 8.26. The molecule has 0 spiro atoms. The molecule has 0 N–H and O–H groups in total. The average molecular weight is 463 g/mol. The number of thiocarbonyl (C=S) groups is 1. The number of carbonyl (C=O) groups is 1. The molecule has 1 amide bonds. The molecule has 0 bridgehead atoms. The van der Waals surface area contributed by atoms with Gasteiger partial charge in [0.15, 0.2) is 0 Å². The Kier molecular flexibility index (Phi) is 6.63. The van der Waals surface area contributed by atoms with Crippen molar-refractivity contribution in [3.63, 3.8) is 0 Å². The molecule has 0 aliphatic carbocycles. The van der Waals surface area contributed by atoms with Crippen LogP contribution in [0.2, 0.25) is 0 Å². The molecule has 6 nitrogen and oxygen atoms in total. The second-order valence-corrected chi connectivity index (χ2v) is 8.71. The van der Waals surface area contributed by atoms with Gasteiger partial charge in [-0.2, -0.15) is 0 Å². The molecule has 0 atom stereocenters. The molecule has 3 aromatic rings. The number of ether oxygens (including phenoxy) is 1. The molecule has 3 aromatic carbocycles. The molecule has 1 fully saturated rings. The summed E-state index contributed by atoms with van der Waals surface area (Å²) in [5.74, 6) is 0.569. The predicted octanol–water partition coefficient (Wildman–Crippen LogP) is 5.58. The third-order valence-electron chi connectivity index (χ3n) is 4.79. The van der Waals surface area contributed by atoms with Crippen molar-refractivity contribution in [1.29, 1.82) is 0 Å². The van der Waals surface area contributed by atoms with E-state index in [2.05, 4.69) is 0 Å². The molecule has 32 heavy (non-hydrogen) atoms. The number of thioether (sulfide) groups is 1. The minimum absolute atomic E-state index is 0.0484. The van der Waals surface area contributed by atoms with Gasteiger partial charge in [-0.15, -0.1) is 0 Å². The lowest BCUT2D eigenvalue weighted by Gasteiger charge is -2.14. The first-order valence-corrected chi connectivity index (χ1v) is 11.0. The summed E-state index contributed by atoms with van der Waals surface area (Å²) in [5.41, 5.74) is 2.78. The normalized spacial score (nSPS) is 14.8. The van der Waals surface area contributed by atoms with E-state index in [1.54, 1.807) is 17.0 Å². The fraction of sp³-hybridized carbons (Fsp3) is 0.0833. The van der Waals surface area contributed by atoms with E-state index in [-0.39, 0.29) is 11.6 Å². The molecule has 4 rings (SSSR count). The number of hydrogen-bond acceptors (Lipinski definition) is 6. The Balaban J connectivity index is 1.38. The molecule has 1 saturated heterocycles. The Morgan fingerprint density at radius 3 is 2.31 bits per heavy atom. The molecule has 1 heterocycles. The molecule has 0 aromatic heterocycles. The zero-order valence-corrected chi connectivity index (χ0v) is 18.5. The van der Waals surface area contributed by atoms with Gasteiger partial charge >= 0.3 is 0 Å². The van der Waals surface area contributed by atoms with E-state index in [4.69, 9.17) is 17.0 Å². The largest absolute Gasteiger partial charge is 0.489 e. The molecule has 1 aliphatic heterocycles. The van der Waals surface area contributed by atoms with Gasteiger partial charge < -0.3 is 4.74 Å². The fourth-order valence-electron chi connectivity index (χ4n) is 3.09. The zero-order chi connectivity index (χ0) is 22.5. The number of nitro benzene ring substituents is 1. The predicted molar refractivity (Wildman–Crippen MR) is 129 cm³/mol. The summed E-state index contributed by atoms with van der Waals surface area (Å²) in [6, 6.07) is 23.4. The van der Waals surface area contributed by atoms with Crippen LogP contribution < -0.4 is 4.74 Å². The first-order valence-electron chi connectivity index (χ1n) is 9.75. The van der Waals surface area contributed by atoms with Gasteiger partial charge in [-0.3, -0.25) is 19.8 Å². The van der Waals surface area contributed by atoms with Crippen molar-refractivity contribution < 1.29 is 14.5 Å². The number of benzene rings is 3. The van der Waals surface area contributed by atoms with Crippen molar-refractivity contribution >= 4 is 46.0 Å². The van der Waals surface area contributed by atoms with Crippen LogP contribution in [0, 0.1) is 10.1 Å². The standard InChI is InChI=1S/C24H18N2O4S2/c27-23-22(32-24(31)25(23)15-18-4-2-1-3-5-18)14-17-8-12-21(13-9-17)30-16-19-6-10-20(11-7-19)26(28)29/h1-14H,15-16H2/b22-14-. The van der Waals surface area contributed by atoms with Crippen LogP contribution in [0.15, 0.2) is 83.8 Å². The van der Waals surface area contributed by atoms with Crippen LogP contribution in [0.5, 0.6) is 5.75 Å². The Bertz CT molecular complexity index is 1180.